The molecule has 0 nitrogen and oxygen atoms in total. The molecule has 0 aromatic rings. The molecule has 60 valence electrons. The van der Waals surface area contributed by atoms with Gasteiger partial charge < -0.3 is 0 Å². The van der Waals surface area contributed by atoms with Crippen LogP contribution in [-0.2, 0) is 0 Å². The van der Waals surface area contributed by atoms with Gasteiger partial charge in [0.15, 0.2) is 0 Å². The van der Waals surface area contributed by atoms with Gasteiger partial charge in [-0.15, -0.1) is 0 Å². The van der Waals surface area contributed by atoms with Crippen molar-refractivity contribution in [2.75, 3.05) is 0 Å². The molecule has 0 aliphatic carbocycles. The van der Waals surface area contributed by atoms with Crippen molar-refractivity contribution >= 4 is 22.6 Å². The largest absolute Gasteiger partial charge is 0.458 e. The predicted molar refractivity (Wildman–Crippen MR) is 34.2 cm³/mol. The lowest BCUT2D eigenvalue weighted by molar-refractivity contribution is -0.259. The van der Waals surface area contributed by atoms with E-state index in [1.54, 1.807) is 0 Å². The van der Waals surface area contributed by atoms with Gasteiger partial charge >= 0.3 is 12.1 Å². The molecule has 0 aromatic heterocycles. The van der Waals surface area contributed by atoms with Crippen molar-refractivity contribution in [3.05, 3.63) is 10.2 Å². The first kappa shape index (κ1) is 10.1. The van der Waals surface area contributed by atoms with E-state index in [1.165, 1.54) is 0 Å². The topological polar surface area (TPSA) is 0 Å². The van der Waals surface area contributed by atoms with Gasteiger partial charge in [-0.2, -0.15) is 22.0 Å². The highest BCUT2D eigenvalue weighted by Gasteiger charge is 2.58. The second-order valence-electron chi connectivity index (χ2n) is 1.48. The van der Waals surface area contributed by atoms with Crippen LogP contribution in [0.5, 0.6) is 0 Å². The Morgan fingerprint density at radius 3 is 1.40 bits per heavy atom. The average Bonchev–Trinajstić information content (AvgIpc) is 1.62. The van der Waals surface area contributed by atoms with Crippen LogP contribution in [0.4, 0.5) is 22.0 Å². The highest BCUT2D eigenvalue weighted by atomic mass is 127. The van der Waals surface area contributed by atoms with Crippen molar-refractivity contribution < 1.29 is 22.0 Å². The maximum absolute atomic E-state index is 11.8. The molecule has 10 heavy (non-hydrogen) atoms. The third-order valence-electron chi connectivity index (χ3n) is 0.697. The Morgan fingerprint density at radius 1 is 1.10 bits per heavy atom. The highest BCUT2D eigenvalue weighted by Crippen LogP contribution is 2.42. The summed E-state index contributed by atoms with van der Waals surface area (Å²) < 4.78 is 56.2. The summed E-state index contributed by atoms with van der Waals surface area (Å²) in [6.07, 6.45) is -5.52. The lowest BCUT2D eigenvalue weighted by Gasteiger charge is -2.17. The monoisotopic (exact) mass is 272 g/mol. The molecule has 0 saturated carbocycles. The van der Waals surface area contributed by atoms with Crippen LogP contribution in [0.15, 0.2) is 10.2 Å². The minimum Gasteiger partial charge on any atom is -0.190 e. The van der Waals surface area contributed by atoms with E-state index < -0.39 is 15.7 Å². The van der Waals surface area contributed by atoms with E-state index in [4.69, 9.17) is 0 Å². The summed E-state index contributed by atoms with van der Waals surface area (Å²) in [4.78, 5) is 0. The SMILES string of the molecule is C=C(I)C(F)(F)C(F)(F)F. The van der Waals surface area contributed by atoms with Crippen LogP contribution >= 0.6 is 22.6 Å². The van der Waals surface area contributed by atoms with Gasteiger partial charge in [-0.25, -0.2) is 0 Å². The molecule has 0 heterocycles. The molecule has 6 heteroatoms. The maximum Gasteiger partial charge on any atom is 0.458 e. The minimum absolute atomic E-state index is 0.846. The Balaban J connectivity index is 4.57. The van der Waals surface area contributed by atoms with Crippen molar-refractivity contribution in [3.8, 4) is 0 Å². The van der Waals surface area contributed by atoms with Gasteiger partial charge in [0.2, 0.25) is 0 Å². The molecule has 0 N–H and O–H groups in total. The third kappa shape index (κ3) is 1.80. The van der Waals surface area contributed by atoms with Gasteiger partial charge in [-0.1, -0.05) is 6.58 Å². The molecule has 0 bridgehead atoms. The third-order valence-corrected chi connectivity index (χ3v) is 1.37. The first-order valence-corrected chi connectivity index (χ1v) is 3.07. The van der Waals surface area contributed by atoms with Crippen molar-refractivity contribution in [1.82, 2.24) is 0 Å². The second kappa shape index (κ2) is 2.63. The van der Waals surface area contributed by atoms with Crippen LogP contribution in [0.2, 0.25) is 0 Å². The fourth-order valence-corrected chi connectivity index (χ4v) is 0.460. The molecule has 0 rings (SSSR count). The van der Waals surface area contributed by atoms with Crippen molar-refractivity contribution in [2.45, 2.75) is 12.1 Å². The van der Waals surface area contributed by atoms with Crippen molar-refractivity contribution in [1.29, 1.82) is 0 Å². The zero-order valence-electron chi connectivity index (χ0n) is 4.47. The Morgan fingerprint density at radius 2 is 1.40 bits per heavy atom. The quantitative estimate of drug-likeness (QED) is 0.508. The van der Waals surface area contributed by atoms with Crippen LogP contribution in [0.3, 0.4) is 0 Å². The maximum atomic E-state index is 11.8. The van der Waals surface area contributed by atoms with Gasteiger partial charge in [0, 0.05) is 0 Å². The van der Waals surface area contributed by atoms with Gasteiger partial charge in [-0.3, -0.25) is 0 Å². The van der Waals surface area contributed by atoms with Crippen LogP contribution in [0, 0.1) is 0 Å². The molecular weight excluding hydrogens is 270 g/mol. The van der Waals surface area contributed by atoms with Crippen molar-refractivity contribution in [3.63, 3.8) is 0 Å². The van der Waals surface area contributed by atoms with Gasteiger partial charge in [0.05, 0.1) is 3.58 Å². The average molecular weight is 272 g/mol. The number of halogens is 6. The number of rotatable bonds is 1. The van der Waals surface area contributed by atoms with E-state index in [0.29, 0.717) is 0 Å². The number of allylic oxidation sites excluding steroid dienone is 1. The van der Waals surface area contributed by atoms with Gasteiger partial charge in [0.25, 0.3) is 0 Å². The fourth-order valence-electron chi connectivity index (χ4n) is 0.154. The molecule has 0 atom stereocenters. The second-order valence-corrected chi connectivity index (χ2v) is 2.78. The first-order chi connectivity index (χ1) is 4.19. The number of alkyl halides is 5. The summed E-state index contributed by atoms with van der Waals surface area (Å²) in [5, 5.41) is 0. The summed E-state index contributed by atoms with van der Waals surface area (Å²) in [5.74, 6) is -4.77. The Labute approximate surface area is 67.2 Å². The molecule has 0 aliphatic rings. The Bertz CT molecular complexity index is 146. The zero-order chi connectivity index (χ0) is 8.58. The van der Waals surface area contributed by atoms with Gasteiger partial charge in [-0.05, 0) is 22.6 Å². The molecular formula is C4H2F5I. The smallest absolute Gasteiger partial charge is 0.190 e. The van der Waals surface area contributed by atoms with E-state index in [1.807, 2.05) is 0 Å². The van der Waals surface area contributed by atoms with Gasteiger partial charge in [0.1, 0.15) is 0 Å². The lowest BCUT2D eigenvalue weighted by atomic mass is 10.3. The van der Waals surface area contributed by atoms with Crippen LogP contribution in [-0.4, -0.2) is 12.1 Å². The van der Waals surface area contributed by atoms with Crippen molar-refractivity contribution in [2.24, 2.45) is 0 Å². The minimum atomic E-state index is -5.52. The highest BCUT2D eigenvalue weighted by molar-refractivity contribution is 14.1. The van der Waals surface area contributed by atoms with E-state index in [0.717, 1.165) is 22.6 Å². The normalized spacial score (nSPS) is 13.4. The van der Waals surface area contributed by atoms with E-state index >= 15 is 0 Å². The Kier molecular flexibility index (Phi) is 2.66. The summed E-state index contributed by atoms with van der Waals surface area (Å²) in [5.41, 5.74) is 0. The summed E-state index contributed by atoms with van der Waals surface area (Å²) in [6.45, 7) is 2.51. The fraction of sp³-hybridized carbons (Fsp3) is 0.500. The molecule has 0 radical (unpaired) electrons. The predicted octanol–water partition coefficient (Wildman–Crippen LogP) is 3.13. The van der Waals surface area contributed by atoms with E-state index in [-0.39, 0.29) is 0 Å². The van der Waals surface area contributed by atoms with Crippen LogP contribution < -0.4 is 0 Å². The van der Waals surface area contributed by atoms with E-state index in [2.05, 4.69) is 6.58 Å². The number of hydrogen-bond donors (Lipinski definition) is 0. The zero-order valence-corrected chi connectivity index (χ0v) is 6.63. The summed E-state index contributed by atoms with van der Waals surface area (Å²) in [6, 6.07) is 0. The molecule has 0 saturated heterocycles. The Hall–Kier alpha value is 0.120. The molecule has 0 unspecified atom stereocenters. The standard InChI is InChI=1S/C4H2F5I/c1-2(10)3(5,6)4(7,8)9/h1H2. The first-order valence-electron chi connectivity index (χ1n) is 1.99. The summed E-state index contributed by atoms with van der Waals surface area (Å²) in [7, 11) is 0. The molecule has 0 aliphatic heterocycles. The van der Waals surface area contributed by atoms with Crippen LogP contribution in [0.25, 0.3) is 0 Å². The van der Waals surface area contributed by atoms with Crippen LogP contribution in [0.1, 0.15) is 0 Å². The molecule has 0 spiro atoms. The molecule has 0 aromatic carbocycles. The molecule has 0 amide bonds. The summed E-state index contributed by atoms with van der Waals surface area (Å²) >= 11 is 0.846. The number of hydrogen-bond acceptors (Lipinski definition) is 0. The van der Waals surface area contributed by atoms with E-state index in [9.17, 15) is 22.0 Å². The molecule has 0 fully saturated rings. The lowest BCUT2D eigenvalue weighted by Crippen LogP contribution is -2.36.